The zero-order valence-corrected chi connectivity index (χ0v) is 12.6. The summed E-state index contributed by atoms with van der Waals surface area (Å²) in [7, 11) is 0. The van der Waals surface area contributed by atoms with Gasteiger partial charge >= 0.3 is 0 Å². The van der Waals surface area contributed by atoms with E-state index >= 15 is 0 Å². The lowest BCUT2D eigenvalue weighted by molar-refractivity contribution is -0.124. The molecule has 1 saturated heterocycles. The number of carbonyl (C=O) groups excluding carboxylic acids is 1. The number of rotatable bonds is 4. The molecule has 0 bridgehead atoms. The third-order valence-electron chi connectivity index (χ3n) is 2.99. The molecule has 0 saturated carbocycles. The van der Waals surface area contributed by atoms with Crippen LogP contribution in [-0.4, -0.2) is 48.4 Å². The van der Waals surface area contributed by atoms with E-state index in [1.165, 1.54) is 0 Å². The van der Waals surface area contributed by atoms with Gasteiger partial charge in [-0.3, -0.25) is 4.79 Å². The Labute approximate surface area is 127 Å². The van der Waals surface area contributed by atoms with Gasteiger partial charge in [0.2, 0.25) is 5.91 Å². The second-order valence-corrected chi connectivity index (χ2v) is 5.16. The van der Waals surface area contributed by atoms with Gasteiger partial charge in [-0.15, -0.1) is 10.2 Å². The first kappa shape index (κ1) is 15.3. The maximum Gasteiger partial charge on any atom is 0.245 e. The average molecular weight is 319 g/mol. The molecule has 0 spiro atoms. The summed E-state index contributed by atoms with van der Waals surface area (Å²) in [5.41, 5.74) is 0.603. The maximum absolute atomic E-state index is 12.2. The molecule has 1 aromatic heterocycles. The molecule has 1 unspecified atom stereocenters. The summed E-state index contributed by atoms with van der Waals surface area (Å²) in [6.45, 7) is 4.01. The lowest BCUT2D eigenvalue weighted by Crippen LogP contribution is -2.54. The first-order valence-corrected chi connectivity index (χ1v) is 7.20. The minimum atomic E-state index is -0.437. The number of halogens is 2. The van der Waals surface area contributed by atoms with Gasteiger partial charge in [-0.05, 0) is 6.42 Å². The quantitative estimate of drug-likeness (QED) is 0.911. The lowest BCUT2D eigenvalue weighted by Gasteiger charge is -2.36. The van der Waals surface area contributed by atoms with Gasteiger partial charge < -0.3 is 15.0 Å². The fourth-order valence-corrected chi connectivity index (χ4v) is 2.36. The van der Waals surface area contributed by atoms with E-state index in [2.05, 4.69) is 15.5 Å². The summed E-state index contributed by atoms with van der Waals surface area (Å²) in [5.74, 6) is -0.0875. The van der Waals surface area contributed by atoms with Crippen molar-refractivity contribution >= 4 is 34.8 Å². The second-order valence-electron chi connectivity index (χ2n) is 4.42. The first-order chi connectivity index (χ1) is 9.63. The van der Waals surface area contributed by atoms with Crippen LogP contribution >= 0.6 is 23.2 Å². The van der Waals surface area contributed by atoms with Gasteiger partial charge in [0.1, 0.15) is 6.04 Å². The molecule has 0 aromatic carbocycles. The van der Waals surface area contributed by atoms with E-state index < -0.39 is 6.04 Å². The van der Waals surface area contributed by atoms with Crippen LogP contribution in [0.25, 0.3) is 0 Å². The molecule has 1 atom stereocenters. The van der Waals surface area contributed by atoms with Crippen molar-refractivity contribution in [1.82, 2.24) is 15.5 Å². The Bertz CT molecular complexity index is 487. The van der Waals surface area contributed by atoms with Crippen LogP contribution in [0.15, 0.2) is 6.07 Å². The van der Waals surface area contributed by atoms with Crippen molar-refractivity contribution in [2.45, 2.75) is 19.4 Å². The zero-order chi connectivity index (χ0) is 14.5. The molecule has 8 heteroatoms. The predicted molar refractivity (Wildman–Crippen MR) is 77.3 cm³/mol. The molecular weight excluding hydrogens is 303 g/mol. The van der Waals surface area contributed by atoms with E-state index in [0.717, 1.165) is 6.42 Å². The Morgan fingerprint density at radius 1 is 1.55 bits per heavy atom. The van der Waals surface area contributed by atoms with E-state index in [-0.39, 0.29) is 16.2 Å². The van der Waals surface area contributed by atoms with Crippen molar-refractivity contribution in [3.63, 3.8) is 0 Å². The number of anilines is 1. The largest absolute Gasteiger partial charge is 0.377 e. The van der Waals surface area contributed by atoms with Crippen molar-refractivity contribution in [1.29, 1.82) is 0 Å². The molecule has 2 rings (SSSR count). The number of carbonyl (C=O) groups is 1. The summed E-state index contributed by atoms with van der Waals surface area (Å²) in [5, 5.41) is 10.8. The van der Waals surface area contributed by atoms with Crippen molar-refractivity contribution in [3.05, 3.63) is 16.4 Å². The van der Waals surface area contributed by atoms with Gasteiger partial charge in [0.05, 0.1) is 18.9 Å². The summed E-state index contributed by atoms with van der Waals surface area (Å²) in [6.07, 6.45) is 0.878. The molecule has 1 amide bonds. The Morgan fingerprint density at radius 3 is 3.10 bits per heavy atom. The van der Waals surface area contributed by atoms with E-state index in [0.29, 0.717) is 32.0 Å². The van der Waals surface area contributed by atoms with Crippen LogP contribution in [0, 0.1) is 0 Å². The topological polar surface area (TPSA) is 67.3 Å². The van der Waals surface area contributed by atoms with E-state index in [9.17, 15) is 4.79 Å². The molecule has 1 fully saturated rings. The molecule has 0 aliphatic carbocycles. The lowest BCUT2D eigenvalue weighted by atomic mass is 10.2. The number of amides is 1. The van der Waals surface area contributed by atoms with Gasteiger partial charge in [0, 0.05) is 19.2 Å². The fourth-order valence-electron chi connectivity index (χ4n) is 2.02. The smallest absolute Gasteiger partial charge is 0.245 e. The van der Waals surface area contributed by atoms with Crippen molar-refractivity contribution in [2.24, 2.45) is 0 Å². The normalized spacial score (nSPS) is 18.9. The molecule has 0 radical (unpaired) electrons. The summed E-state index contributed by atoms with van der Waals surface area (Å²) in [4.78, 5) is 14.1. The highest BCUT2D eigenvalue weighted by atomic mass is 35.5. The van der Waals surface area contributed by atoms with Crippen LogP contribution in [0.2, 0.25) is 10.3 Å². The summed E-state index contributed by atoms with van der Waals surface area (Å²) >= 11 is 11.9. The third kappa shape index (κ3) is 3.50. The molecule has 1 N–H and O–H groups in total. The van der Waals surface area contributed by atoms with Crippen molar-refractivity contribution < 1.29 is 9.53 Å². The first-order valence-electron chi connectivity index (χ1n) is 6.44. The minimum Gasteiger partial charge on any atom is -0.377 e. The van der Waals surface area contributed by atoms with Crippen LogP contribution in [0.3, 0.4) is 0 Å². The van der Waals surface area contributed by atoms with E-state index in [1.54, 1.807) is 6.07 Å². The predicted octanol–water partition coefficient (Wildman–Crippen LogP) is 1.51. The average Bonchev–Trinajstić information content (AvgIpc) is 2.47. The minimum absolute atomic E-state index is 0.0875. The Hall–Kier alpha value is -1.11. The Kier molecular flexibility index (Phi) is 5.39. The molecule has 1 aliphatic heterocycles. The van der Waals surface area contributed by atoms with Crippen LogP contribution < -0.4 is 10.2 Å². The highest BCUT2D eigenvalue weighted by Gasteiger charge is 2.31. The number of ether oxygens (including phenoxy) is 1. The summed E-state index contributed by atoms with van der Waals surface area (Å²) in [6, 6.07) is 1.18. The molecule has 20 heavy (non-hydrogen) atoms. The van der Waals surface area contributed by atoms with Gasteiger partial charge in [-0.25, -0.2) is 0 Å². The van der Waals surface area contributed by atoms with Crippen LogP contribution in [0.4, 0.5) is 5.69 Å². The number of aromatic nitrogens is 2. The van der Waals surface area contributed by atoms with Gasteiger partial charge in [-0.2, -0.15) is 0 Å². The Balaban J connectivity index is 2.22. The maximum atomic E-state index is 12.2. The molecule has 1 aromatic rings. The van der Waals surface area contributed by atoms with Gasteiger partial charge in [-0.1, -0.05) is 30.1 Å². The molecule has 1 aliphatic rings. The number of nitrogens with zero attached hydrogens (tertiary/aromatic N) is 3. The monoisotopic (exact) mass is 318 g/mol. The molecular formula is C12H16Cl2N4O2. The fraction of sp³-hybridized carbons (Fsp3) is 0.583. The zero-order valence-electron chi connectivity index (χ0n) is 11.1. The highest BCUT2D eigenvalue weighted by molar-refractivity contribution is 6.33. The van der Waals surface area contributed by atoms with Crippen LogP contribution in [0.1, 0.15) is 13.3 Å². The molecule has 110 valence electrons. The van der Waals surface area contributed by atoms with Gasteiger partial charge in [0.15, 0.2) is 10.3 Å². The SMILES string of the molecule is CCCNC(=O)C1COCCN1c1cc(Cl)nnc1Cl. The number of nitrogens with one attached hydrogen (secondary N) is 1. The highest BCUT2D eigenvalue weighted by Crippen LogP contribution is 2.28. The Morgan fingerprint density at radius 2 is 2.35 bits per heavy atom. The molecule has 6 nitrogen and oxygen atoms in total. The van der Waals surface area contributed by atoms with E-state index in [4.69, 9.17) is 27.9 Å². The van der Waals surface area contributed by atoms with Crippen molar-refractivity contribution in [2.75, 3.05) is 31.2 Å². The summed E-state index contributed by atoms with van der Waals surface area (Å²) < 4.78 is 5.39. The number of hydrogen-bond acceptors (Lipinski definition) is 5. The standard InChI is InChI=1S/C12H16Cl2N4O2/c1-2-3-15-12(19)9-7-20-5-4-18(9)8-6-10(13)16-17-11(8)14/h6,9H,2-5,7H2,1H3,(H,15,19). The van der Waals surface area contributed by atoms with Crippen LogP contribution in [-0.2, 0) is 9.53 Å². The number of hydrogen-bond donors (Lipinski definition) is 1. The number of morpholine rings is 1. The second kappa shape index (κ2) is 7.06. The van der Waals surface area contributed by atoms with E-state index in [1.807, 2.05) is 11.8 Å². The van der Waals surface area contributed by atoms with Gasteiger partial charge in [0.25, 0.3) is 0 Å². The van der Waals surface area contributed by atoms with Crippen molar-refractivity contribution in [3.8, 4) is 0 Å². The van der Waals surface area contributed by atoms with Crippen LogP contribution in [0.5, 0.6) is 0 Å². The third-order valence-corrected chi connectivity index (χ3v) is 3.44. The molecule has 2 heterocycles.